The summed E-state index contributed by atoms with van der Waals surface area (Å²) in [5.74, 6) is 0.183. The van der Waals surface area contributed by atoms with Gasteiger partial charge in [0.25, 0.3) is 0 Å². The monoisotopic (exact) mass is 344 g/mol. The summed E-state index contributed by atoms with van der Waals surface area (Å²) in [6.07, 6.45) is 1.44. The minimum absolute atomic E-state index is 0.0550. The second-order valence-corrected chi connectivity index (χ2v) is 5.70. The second-order valence-electron chi connectivity index (χ2n) is 4.45. The normalized spacial score (nSPS) is 24.4. The van der Waals surface area contributed by atoms with Crippen LogP contribution in [0.1, 0.15) is 31.4 Å². The molecule has 0 spiro atoms. The van der Waals surface area contributed by atoms with E-state index in [9.17, 15) is 4.79 Å². The van der Waals surface area contributed by atoms with E-state index in [4.69, 9.17) is 5.73 Å². The van der Waals surface area contributed by atoms with Gasteiger partial charge in [0.2, 0.25) is 5.91 Å². The van der Waals surface area contributed by atoms with E-state index in [1.165, 1.54) is 3.57 Å². The van der Waals surface area contributed by atoms with Crippen LogP contribution in [0.25, 0.3) is 0 Å². The number of nitrogens with zero attached hydrogens (tertiary/aromatic N) is 1. The van der Waals surface area contributed by atoms with E-state index in [0.717, 1.165) is 18.5 Å². The molecular weight excluding hydrogens is 327 g/mol. The van der Waals surface area contributed by atoms with Crippen LogP contribution in [0.4, 0.5) is 0 Å². The molecule has 0 aliphatic carbocycles. The summed E-state index contributed by atoms with van der Waals surface area (Å²) in [5, 5.41) is 0. The van der Waals surface area contributed by atoms with Gasteiger partial charge < -0.3 is 10.6 Å². The van der Waals surface area contributed by atoms with Crippen molar-refractivity contribution in [3.05, 3.63) is 33.4 Å². The van der Waals surface area contributed by atoms with Crippen LogP contribution < -0.4 is 5.73 Å². The Bertz CT molecular complexity index is 404. The molecule has 1 fully saturated rings. The van der Waals surface area contributed by atoms with Crippen LogP contribution in [0.2, 0.25) is 0 Å². The quantitative estimate of drug-likeness (QED) is 0.856. The fourth-order valence-electron chi connectivity index (χ4n) is 2.41. The van der Waals surface area contributed by atoms with E-state index in [1.54, 1.807) is 0 Å². The highest BCUT2D eigenvalue weighted by Crippen LogP contribution is 2.32. The third-order valence-electron chi connectivity index (χ3n) is 3.15. The predicted octanol–water partition coefficient (Wildman–Crippen LogP) is 2.30. The highest BCUT2D eigenvalue weighted by atomic mass is 127. The fourth-order valence-corrected chi connectivity index (χ4v) is 2.77. The molecule has 1 aliphatic heterocycles. The average Bonchev–Trinajstić information content (AvgIpc) is 2.56. The number of nitrogens with two attached hydrogens (primary N) is 1. The molecule has 1 heterocycles. The van der Waals surface area contributed by atoms with Gasteiger partial charge in [-0.05, 0) is 46.7 Å². The van der Waals surface area contributed by atoms with Crippen molar-refractivity contribution in [2.45, 2.75) is 31.8 Å². The van der Waals surface area contributed by atoms with Crippen molar-refractivity contribution in [2.24, 2.45) is 5.73 Å². The van der Waals surface area contributed by atoms with Crippen LogP contribution in [0.15, 0.2) is 24.3 Å². The molecule has 1 aromatic carbocycles. The zero-order chi connectivity index (χ0) is 12.4. The maximum atomic E-state index is 11.9. The Hall–Kier alpha value is -0.620. The Kier molecular flexibility index (Phi) is 4.04. The Morgan fingerprint density at radius 2 is 2.06 bits per heavy atom. The molecule has 1 aromatic rings. The van der Waals surface area contributed by atoms with Crippen LogP contribution in [-0.2, 0) is 4.79 Å². The number of benzene rings is 1. The standard InChI is InChI=1S/C13H17IN2O/c1-2-7-16-12(17)8-11(15)13(16)9-3-5-10(14)6-4-9/h3-6,11,13H,2,7-8,15H2,1H3. The third kappa shape index (κ3) is 2.63. The van der Waals surface area contributed by atoms with Crippen LogP contribution >= 0.6 is 22.6 Å². The van der Waals surface area contributed by atoms with Crippen molar-refractivity contribution in [3.8, 4) is 0 Å². The zero-order valence-electron chi connectivity index (χ0n) is 9.90. The molecule has 2 atom stereocenters. The van der Waals surface area contributed by atoms with E-state index in [-0.39, 0.29) is 18.0 Å². The topological polar surface area (TPSA) is 46.3 Å². The highest BCUT2D eigenvalue weighted by molar-refractivity contribution is 14.1. The first-order valence-electron chi connectivity index (χ1n) is 5.94. The Morgan fingerprint density at radius 3 is 2.65 bits per heavy atom. The molecule has 1 aliphatic rings. The Labute approximate surface area is 116 Å². The molecule has 1 amide bonds. The van der Waals surface area contributed by atoms with Gasteiger partial charge in [-0.25, -0.2) is 0 Å². The third-order valence-corrected chi connectivity index (χ3v) is 3.87. The molecule has 0 aromatic heterocycles. The molecule has 92 valence electrons. The largest absolute Gasteiger partial charge is 0.334 e. The van der Waals surface area contributed by atoms with Gasteiger partial charge in [-0.3, -0.25) is 4.79 Å². The van der Waals surface area contributed by atoms with Crippen molar-refractivity contribution in [1.29, 1.82) is 0 Å². The van der Waals surface area contributed by atoms with Gasteiger partial charge in [0.1, 0.15) is 0 Å². The minimum Gasteiger partial charge on any atom is -0.334 e. The minimum atomic E-state index is -0.0749. The summed E-state index contributed by atoms with van der Waals surface area (Å²) in [5.41, 5.74) is 7.25. The summed E-state index contributed by atoms with van der Waals surface area (Å²) in [6, 6.07) is 8.26. The Morgan fingerprint density at radius 1 is 1.41 bits per heavy atom. The SMILES string of the molecule is CCCN1C(=O)CC(N)C1c1ccc(I)cc1. The number of carbonyl (C=O) groups excluding carboxylic acids is 1. The molecule has 0 bridgehead atoms. The number of halogens is 1. The summed E-state index contributed by atoms with van der Waals surface area (Å²) in [4.78, 5) is 13.8. The van der Waals surface area contributed by atoms with Gasteiger partial charge in [0.05, 0.1) is 6.04 Å². The van der Waals surface area contributed by atoms with Crippen molar-refractivity contribution in [2.75, 3.05) is 6.54 Å². The molecule has 2 N–H and O–H groups in total. The van der Waals surface area contributed by atoms with E-state index in [2.05, 4.69) is 53.8 Å². The molecule has 17 heavy (non-hydrogen) atoms. The maximum absolute atomic E-state index is 11.9. The molecule has 4 heteroatoms. The number of carbonyl (C=O) groups is 1. The predicted molar refractivity (Wildman–Crippen MR) is 76.5 cm³/mol. The van der Waals surface area contributed by atoms with Gasteiger partial charge in [0, 0.05) is 22.6 Å². The maximum Gasteiger partial charge on any atom is 0.224 e. The van der Waals surface area contributed by atoms with E-state index < -0.39 is 0 Å². The van der Waals surface area contributed by atoms with Crippen molar-refractivity contribution >= 4 is 28.5 Å². The zero-order valence-corrected chi connectivity index (χ0v) is 12.1. The van der Waals surface area contributed by atoms with Crippen LogP contribution in [0, 0.1) is 3.57 Å². The molecule has 2 unspecified atom stereocenters. The van der Waals surface area contributed by atoms with E-state index >= 15 is 0 Å². The van der Waals surface area contributed by atoms with E-state index in [0.29, 0.717) is 6.42 Å². The summed E-state index contributed by atoms with van der Waals surface area (Å²) < 4.78 is 1.20. The second kappa shape index (κ2) is 5.35. The van der Waals surface area contributed by atoms with Gasteiger partial charge >= 0.3 is 0 Å². The molecular formula is C13H17IN2O. The number of rotatable bonds is 3. The Balaban J connectivity index is 2.28. The van der Waals surface area contributed by atoms with Gasteiger partial charge in [-0.2, -0.15) is 0 Å². The first kappa shape index (κ1) is 12.8. The lowest BCUT2D eigenvalue weighted by Gasteiger charge is -2.27. The highest BCUT2D eigenvalue weighted by Gasteiger charge is 2.37. The number of hydrogen-bond acceptors (Lipinski definition) is 2. The first-order chi connectivity index (χ1) is 8.13. The lowest BCUT2D eigenvalue weighted by Crippen LogP contribution is -2.33. The lowest BCUT2D eigenvalue weighted by molar-refractivity contribution is -0.129. The number of likely N-dealkylation sites (tertiary alicyclic amines) is 1. The molecule has 2 rings (SSSR count). The number of hydrogen-bond donors (Lipinski definition) is 1. The van der Waals surface area contributed by atoms with Crippen molar-refractivity contribution in [3.63, 3.8) is 0 Å². The smallest absolute Gasteiger partial charge is 0.224 e. The van der Waals surface area contributed by atoms with Crippen LogP contribution in [0.5, 0.6) is 0 Å². The van der Waals surface area contributed by atoms with Gasteiger partial charge in [-0.1, -0.05) is 19.1 Å². The lowest BCUT2D eigenvalue weighted by atomic mass is 10.0. The van der Waals surface area contributed by atoms with Gasteiger partial charge in [0.15, 0.2) is 0 Å². The van der Waals surface area contributed by atoms with Crippen molar-refractivity contribution < 1.29 is 4.79 Å². The fraction of sp³-hybridized carbons (Fsp3) is 0.462. The molecule has 0 radical (unpaired) electrons. The van der Waals surface area contributed by atoms with Gasteiger partial charge in [-0.15, -0.1) is 0 Å². The average molecular weight is 344 g/mol. The number of amides is 1. The molecule has 1 saturated heterocycles. The van der Waals surface area contributed by atoms with Crippen LogP contribution in [-0.4, -0.2) is 23.4 Å². The molecule has 0 saturated carbocycles. The van der Waals surface area contributed by atoms with Crippen LogP contribution in [0.3, 0.4) is 0 Å². The summed E-state index contributed by atoms with van der Waals surface area (Å²) in [7, 11) is 0. The summed E-state index contributed by atoms with van der Waals surface area (Å²) in [6.45, 7) is 2.88. The molecule has 3 nitrogen and oxygen atoms in total. The summed E-state index contributed by atoms with van der Waals surface area (Å²) >= 11 is 2.28. The van der Waals surface area contributed by atoms with Crippen molar-refractivity contribution in [1.82, 2.24) is 4.90 Å². The van der Waals surface area contributed by atoms with E-state index in [1.807, 2.05) is 4.90 Å². The first-order valence-corrected chi connectivity index (χ1v) is 7.02.